The molecule has 2 aromatic rings. The van der Waals surface area contributed by atoms with Crippen LogP contribution in [0.5, 0.6) is 0 Å². The molecular weight excluding hydrogens is 320 g/mol. The first kappa shape index (κ1) is 14.5. The monoisotopic (exact) mass is 334 g/mol. The summed E-state index contributed by atoms with van der Waals surface area (Å²) in [5.41, 5.74) is 1.79. The van der Waals surface area contributed by atoms with E-state index in [4.69, 9.17) is 4.42 Å². The Morgan fingerprint density at radius 3 is 2.80 bits per heavy atom. The van der Waals surface area contributed by atoms with Gasteiger partial charge in [-0.1, -0.05) is 34.1 Å². The molecular formula is C15H15BrN2O2. The minimum atomic E-state index is -0.186. The molecule has 2 rings (SSSR count). The second-order valence-corrected chi connectivity index (χ2v) is 5.18. The highest BCUT2D eigenvalue weighted by Crippen LogP contribution is 2.16. The summed E-state index contributed by atoms with van der Waals surface area (Å²) in [5.74, 6) is 1.11. The van der Waals surface area contributed by atoms with Gasteiger partial charge >= 0.3 is 0 Å². The van der Waals surface area contributed by atoms with E-state index in [1.807, 2.05) is 38.1 Å². The molecule has 1 N–H and O–H groups in total. The Kier molecular flexibility index (Phi) is 4.74. The first-order valence-electron chi connectivity index (χ1n) is 6.19. The lowest BCUT2D eigenvalue weighted by Crippen LogP contribution is -2.20. The zero-order valence-electron chi connectivity index (χ0n) is 11.3. The van der Waals surface area contributed by atoms with Gasteiger partial charge in [0.15, 0.2) is 0 Å². The summed E-state index contributed by atoms with van der Waals surface area (Å²) in [5, 5.41) is 2.73. The molecule has 0 aliphatic carbocycles. The Morgan fingerprint density at radius 2 is 2.15 bits per heavy atom. The predicted octanol–water partition coefficient (Wildman–Crippen LogP) is 3.38. The number of carbonyl (C=O) groups is 1. The average molecular weight is 335 g/mol. The molecule has 0 saturated carbocycles. The van der Waals surface area contributed by atoms with Gasteiger partial charge in [0.2, 0.25) is 11.8 Å². The summed E-state index contributed by atoms with van der Waals surface area (Å²) in [7, 11) is 0. The molecule has 5 heteroatoms. The predicted molar refractivity (Wildman–Crippen MR) is 81.0 cm³/mol. The fourth-order valence-corrected chi connectivity index (χ4v) is 2.03. The van der Waals surface area contributed by atoms with Crippen LogP contribution in [0.1, 0.15) is 22.9 Å². The third-order valence-electron chi connectivity index (χ3n) is 2.81. The quantitative estimate of drug-likeness (QED) is 0.872. The number of oxazole rings is 1. The Bertz CT molecular complexity index is 628. The number of halogens is 1. The van der Waals surface area contributed by atoms with Crippen LogP contribution in [0, 0.1) is 13.8 Å². The van der Waals surface area contributed by atoms with Crippen molar-refractivity contribution in [3.8, 4) is 0 Å². The van der Waals surface area contributed by atoms with Crippen LogP contribution in [0.2, 0.25) is 0 Å². The second kappa shape index (κ2) is 6.52. The lowest BCUT2D eigenvalue weighted by molar-refractivity contribution is -0.116. The van der Waals surface area contributed by atoms with Crippen LogP contribution in [0.25, 0.3) is 6.08 Å². The van der Waals surface area contributed by atoms with Gasteiger partial charge < -0.3 is 9.73 Å². The number of nitrogens with zero attached hydrogens (tertiary/aromatic N) is 1. The normalized spacial score (nSPS) is 10.9. The van der Waals surface area contributed by atoms with Crippen LogP contribution in [-0.4, -0.2) is 10.9 Å². The number of aromatic nitrogens is 1. The Morgan fingerprint density at radius 1 is 1.40 bits per heavy atom. The molecule has 20 heavy (non-hydrogen) atoms. The van der Waals surface area contributed by atoms with E-state index in [1.165, 1.54) is 6.08 Å². The zero-order chi connectivity index (χ0) is 14.5. The maximum Gasteiger partial charge on any atom is 0.244 e. The van der Waals surface area contributed by atoms with E-state index in [0.717, 1.165) is 21.5 Å². The molecule has 0 spiro atoms. The highest BCUT2D eigenvalue weighted by Gasteiger charge is 2.06. The Labute approximate surface area is 126 Å². The average Bonchev–Trinajstić information content (AvgIpc) is 2.75. The van der Waals surface area contributed by atoms with Crippen LogP contribution in [0.15, 0.2) is 39.2 Å². The summed E-state index contributed by atoms with van der Waals surface area (Å²) in [4.78, 5) is 15.9. The van der Waals surface area contributed by atoms with E-state index in [1.54, 1.807) is 6.08 Å². The fraction of sp³-hybridized carbons (Fsp3) is 0.200. The van der Waals surface area contributed by atoms with Gasteiger partial charge in [0.05, 0.1) is 12.2 Å². The van der Waals surface area contributed by atoms with Gasteiger partial charge in [-0.3, -0.25) is 4.79 Å². The lowest BCUT2D eigenvalue weighted by Gasteiger charge is -1.99. The van der Waals surface area contributed by atoms with Gasteiger partial charge in [-0.2, -0.15) is 0 Å². The molecule has 1 amide bonds. The molecule has 0 radical (unpaired) electrons. The Hall–Kier alpha value is -1.88. The summed E-state index contributed by atoms with van der Waals surface area (Å²) in [6.07, 6.45) is 3.24. The molecule has 1 aromatic heterocycles. The SMILES string of the molecule is Cc1nc(CNC(=O)/C=C/c2ccccc2Br)oc1C. The van der Waals surface area contributed by atoms with E-state index in [9.17, 15) is 4.79 Å². The van der Waals surface area contributed by atoms with Crippen molar-refractivity contribution in [3.05, 3.63) is 57.7 Å². The third kappa shape index (κ3) is 3.81. The largest absolute Gasteiger partial charge is 0.444 e. The number of carbonyl (C=O) groups excluding carboxylic acids is 1. The highest BCUT2D eigenvalue weighted by molar-refractivity contribution is 9.10. The van der Waals surface area contributed by atoms with Crippen molar-refractivity contribution in [2.45, 2.75) is 20.4 Å². The molecule has 0 unspecified atom stereocenters. The molecule has 0 bridgehead atoms. The molecule has 4 nitrogen and oxygen atoms in total. The van der Waals surface area contributed by atoms with Crippen LogP contribution >= 0.6 is 15.9 Å². The van der Waals surface area contributed by atoms with Crippen molar-refractivity contribution in [2.75, 3.05) is 0 Å². The van der Waals surface area contributed by atoms with Crippen LogP contribution in [0.4, 0.5) is 0 Å². The van der Waals surface area contributed by atoms with Crippen molar-refractivity contribution in [2.24, 2.45) is 0 Å². The third-order valence-corrected chi connectivity index (χ3v) is 3.53. The van der Waals surface area contributed by atoms with Crippen molar-refractivity contribution in [1.29, 1.82) is 0 Å². The highest BCUT2D eigenvalue weighted by atomic mass is 79.9. The first-order valence-corrected chi connectivity index (χ1v) is 6.99. The number of benzene rings is 1. The number of amides is 1. The molecule has 0 fully saturated rings. The van der Waals surface area contributed by atoms with E-state index in [2.05, 4.69) is 26.2 Å². The maximum atomic E-state index is 11.7. The van der Waals surface area contributed by atoms with Gasteiger partial charge in [0.25, 0.3) is 0 Å². The minimum absolute atomic E-state index is 0.186. The zero-order valence-corrected chi connectivity index (χ0v) is 12.9. The van der Waals surface area contributed by atoms with E-state index in [-0.39, 0.29) is 12.5 Å². The molecule has 0 saturated heterocycles. The smallest absolute Gasteiger partial charge is 0.244 e. The van der Waals surface area contributed by atoms with Crippen molar-refractivity contribution in [3.63, 3.8) is 0 Å². The Balaban J connectivity index is 1.91. The summed E-state index contributed by atoms with van der Waals surface area (Å²) < 4.78 is 6.34. The summed E-state index contributed by atoms with van der Waals surface area (Å²) in [6, 6.07) is 7.69. The van der Waals surface area contributed by atoms with Crippen molar-refractivity contribution in [1.82, 2.24) is 10.3 Å². The maximum absolute atomic E-state index is 11.7. The van der Waals surface area contributed by atoms with E-state index < -0.39 is 0 Å². The number of hydrogen-bond donors (Lipinski definition) is 1. The van der Waals surface area contributed by atoms with Gasteiger partial charge in [-0.15, -0.1) is 0 Å². The number of rotatable bonds is 4. The number of aryl methyl sites for hydroxylation is 2. The lowest BCUT2D eigenvalue weighted by atomic mass is 10.2. The summed E-state index contributed by atoms with van der Waals surface area (Å²) >= 11 is 3.42. The standard InChI is InChI=1S/C15H15BrN2O2/c1-10-11(2)20-15(18-10)9-17-14(19)8-7-12-5-3-4-6-13(12)16/h3-8H,9H2,1-2H3,(H,17,19)/b8-7+. The molecule has 1 aromatic carbocycles. The van der Waals surface area contributed by atoms with Gasteiger partial charge in [-0.25, -0.2) is 4.98 Å². The van der Waals surface area contributed by atoms with Crippen LogP contribution in [0.3, 0.4) is 0 Å². The number of nitrogens with one attached hydrogen (secondary N) is 1. The molecule has 1 heterocycles. The van der Waals surface area contributed by atoms with Crippen LogP contribution < -0.4 is 5.32 Å². The summed E-state index contributed by atoms with van der Waals surface area (Å²) in [6.45, 7) is 4.01. The van der Waals surface area contributed by atoms with Gasteiger partial charge in [-0.05, 0) is 31.6 Å². The van der Waals surface area contributed by atoms with E-state index >= 15 is 0 Å². The first-order chi connectivity index (χ1) is 9.56. The fourth-order valence-electron chi connectivity index (χ4n) is 1.61. The molecule has 104 valence electrons. The number of hydrogen-bond acceptors (Lipinski definition) is 3. The van der Waals surface area contributed by atoms with Gasteiger partial charge in [0, 0.05) is 10.5 Å². The minimum Gasteiger partial charge on any atom is -0.444 e. The molecule has 0 aliphatic rings. The van der Waals surface area contributed by atoms with Crippen molar-refractivity contribution >= 4 is 27.9 Å². The topological polar surface area (TPSA) is 55.1 Å². The van der Waals surface area contributed by atoms with Crippen LogP contribution in [-0.2, 0) is 11.3 Å². The molecule has 0 atom stereocenters. The molecule has 0 aliphatic heterocycles. The van der Waals surface area contributed by atoms with Gasteiger partial charge in [0.1, 0.15) is 5.76 Å². The second-order valence-electron chi connectivity index (χ2n) is 4.32. The van der Waals surface area contributed by atoms with Crippen molar-refractivity contribution < 1.29 is 9.21 Å². The van der Waals surface area contributed by atoms with E-state index in [0.29, 0.717) is 5.89 Å².